The molecule has 0 aliphatic rings. The Morgan fingerprint density at radius 3 is 1.40 bits per heavy atom. The van der Waals surface area contributed by atoms with Crippen molar-refractivity contribution >= 4 is 0 Å². The summed E-state index contributed by atoms with van der Waals surface area (Å²) in [6.45, 7) is 4.17. The summed E-state index contributed by atoms with van der Waals surface area (Å²) in [6, 6.07) is 24.6. The van der Waals surface area contributed by atoms with Crippen LogP contribution in [-0.4, -0.2) is 0 Å². The minimum Gasteiger partial charge on any atom is -0.460 e. The smallest absolute Gasteiger partial charge is 0.134 e. The van der Waals surface area contributed by atoms with Crippen LogP contribution in [0.3, 0.4) is 0 Å². The zero-order chi connectivity index (χ0) is 17.2. The second kappa shape index (κ2) is 6.48. The lowest BCUT2D eigenvalue weighted by Crippen LogP contribution is -1.87. The Kier molecular flexibility index (Phi) is 4.02. The largest absolute Gasteiger partial charge is 0.460 e. The number of rotatable bonds is 4. The van der Waals surface area contributed by atoms with Gasteiger partial charge < -0.3 is 8.83 Å². The third-order valence-electron chi connectivity index (χ3n) is 4.48. The molecule has 2 aromatic heterocycles. The van der Waals surface area contributed by atoms with Gasteiger partial charge in [0.25, 0.3) is 0 Å². The Morgan fingerprint density at radius 2 is 1.00 bits per heavy atom. The standard InChI is InChI=1S/C23H20O2/c1-16-13-22(18-9-5-3-6-10-18)24-20(16)15-21-17(2)14-23(25-21)19-11-7-4-8-12-19/h3-14H,15H2,1-2H3. The molecule has 0 unspecified atom stereocenters. The number of hydrogen-bond donors (Lipinski definition) is 0. The molecule has 0 aliphatic heterocycles. The van der Waals surface area contributed by atoms with Gasteiger partial charge in [-0.05, 0) is 37.1 Å². The molecule has 124 valence electrons. The highest BCUT2D eigenvalue weighted by Crippen LogP contribution is 2.30. The molecule has 0 saturated carbocycles. The number of aryl methyl sites for hydroxylation is 2. The maximum atomic E-state index is 6.11. The first-order valence-corrected chi connectivity index (χ1v) is 8.50. The average molecular weight is 328 g/mol. The van der Waals surface area contributed by atoms with E-state index in [1.165, 1.54) is 0 Å². The van der Waals surface area contributed by atoms with Crippen molar-refractivity contribution in [3.05, 3.63) is 95.4 Å². The van der Waals surface area contributed by atoms with Gasteiger partial charge in [-0.15, -0.1) is 0 Å². The predicted octanol–water partition coefficient (Wildman–Crippen LogP) is 6.41. The van der Waals surface area contributed by atoms with Crippen molar-refractivity contribution in [2.75, 3.05) is 0 Å². The van der Waals surface area contributed by atoms with Crippen LogP contribution >= 0.6 is 0 Å². The molecule has 0 radical (unpaired) electrons. The van der Waals surface area contributed by atoms with Crippen LogP contribution in [0.1, 0.15) is 22.6 Å². The van der Waals surface area contributed by atoms with Crippen LogP contribution in [-0.2, 0) is 6.42 Å². The summed E-state index contributed by atoms with van der Waals surface area (Å²) in [5.74, 6) is 3.72. The molecule has 0 saturated heterocycles. The SMILES string of the molecule is Cc1cc(-c2ccccc2)oc1Cc1oc(-c2ccccc2)cc1C. The average Bonchev–Trinajstić information content (AvgIpc) is 3.20. The van der Waals surface area contributed by atoms with E-state index in [0.29, 0.717) is 6.42 Å². The van der Waals surface area contributed by atoms with Gasteiger partial charge in [-0.25, -0.2) is 0 Å². The van der Waals surface area contributed by atoms with Crippen molar-refractivity contribution in [2.45, 2.75) is 20.3 Å². The Morgan fingerprint density at radius 1 is 0.600 bits per heavy atom. The van der Waals surface area contributed by atoms with Crippen molar-refractivity contribution in [3.63, 3.8) is 0 Å². The van der Waals surface area contributed by atoms with E-state index in [0.717, 1.165) is 45.3 Å². The first kappa shape index (κ1) is 15.5. The van der Waals surface area contributed by atoms with Crippen LogP contribution in [0.15, 0.2) is 81.6 Å². The minimum atomic E-state index is 0.664. The van der Waals surface area contributed by atoms with Crippen LogP contribution in [0.4, 0.5) is 0 Å². The Bertz CT molecular complexity index is 894. The van der Waals surface area contributed by atoms with E-state index in [2.05, 4.69) is 50.2 Å². The van der Waals surface area contributed by atoms with Gasteiger partial charge in [-0.1, -0.05) is 60.7 Å². The molecule has 25 heavy (non-hydrogen) atoms. The summed E-state index contributed by atoms with van der Waals surface area (Å²) >= 11 is 0. The second-order valence-corrected chi connectivity index (χ2v) is 6.34. The number of furan rings is 2. The topological polar surface area (TPSA) is 26.3 Å². The van der Waals surface area contributed by atoms with E-state index in [1.54, 1.807) is 0 Å². The van der Waals surface area contributed by atoms with Crippen molar-refractivity contribution in [2.24, 2.45) is 0 Å². The van der Waals surface area contributed by atoms with Crippen molar-refractivity contribution in [1.82, 2.24) is 0 Å². The molecule has 4 aromatic rings. The molecule has 0 amide bonds. The van der Waals surface area contributed by atoms with Crippen molar-refractivity contribution in [3.8, 4) is 22.6 Å². The molecule has 0 aliphatic carbocycles. The summed E-state index contributed by atoms with van der Waals surface area (Å²) in [5.41, 5.74) is 4.49. The molecule has 0 atom stereocenters. The highest BCUT2D eigenvalue weighted by molar-refractivity contribution is 5.60. The van der Waals surface area contributed by atoms with E-state index in [1.807, 2.05) is 36.4 Å². The van der Waals surface area contributed by atoms with Crippen LogP contribution in [0, 0.1) is 13.8 Å². The second-order valence-electron chi connectivity index (χ2n) is 6.34. The van der Waals surface area contributed by atoms with Gasteiger partial charge in [-0.3, -0.25) is 0 Å². The van der Waals surface area contributed by atoms with Crippen molar-refractivity contribution < 1.29 is 8.83 Å². The lowest BCUT2D eigenvalue weighted by Gasteiger charge is -1.99. The number of benzene rings is 2. The van der Waals surface area contributed by atoms with Gasteiger partial charge in [0.15, 0.2) is 0 Å². The fraction of sp³-hybridized carbons (Fsp3) is 0.130. The molecular weight excluding hydrogens is 308 g/mol. The van der Waals surface area contributed by atoms with Gasteiger partial charge in [0.2, 0.25) is 0 Å². The summed E-state index contributed by atoms with van der Waals surface area (Å²) < 4.78 is 12.2. The maximum Gasteiger partial charge on any atom is 0.134 e. The molecule has 4 rings (SSSR count). The van der Waals surface area contributed by atoms with Gasteiger partial charge in [0.1, 0.15) is 23.0 Å². The lowest BCUT2D eigenvalue weighted by atomic mass is 10.1. The molecule has 0 N–H and O–H groups in total. The van der Waals surface area contributed by atoms with Crippen LogP contribution in [0.25, 0.3) is 22.6 Å². The highest BCUT2D eigenvalue weighted by atomic mass is 16.4. The van der Waals surface area contributed by atoms with Gasteiger partial charge >= 0.3 is 0 Å². The number of hydrogen-bond acceptors (Lipinski definition) is 2. The molecule has 2 heteroatoms. The van der Waals surface area contributed by atoms with Gasteiger partial charge in [0, 0.05) is 11.1 Å². The first-order chi connectivity index (χ1) is 12.2. The first-order valence-electron chi connectivity index (χ1n) is 8.50. The summed E-state index contributed by atoms with van der Waals surface area (Å²) in [5, 5.41) is 0. The molecule has 2 nitrogen and oxygen atoms in total. The van der Waals surface area contributed by atoms with E-state index in [9.17, 15) is 0 Å². The van der Waals surface area contributed by atoms with Gasteiger partial charge in [-0.2, -0.15) is 0 Å². The Labute approximate surface area is 147 Å². The van der Waals surface area contributed by atoms with Crippen LogP contribution in [0.5, 0.6) is 0 Å². The molecule has 2 heterocycles. The normalized spacial score (nSPS) is 11.0. The third-order valence-corrected chi connectivity index (χ3v) is 4.48. The fourth-order valence-corrected chi connectivity index (χ4v) is 3.03. The van der Waals surface area contributed by atoms with Crippen LogP contribution < -0.4 is 0 Å². The Hall–Kier alpha value is -3.00. The van der Waals surface area contributed by atoms with E-state index in [-0.39, 0.29) is 0 Å². The molecule has 2 aromatic carbocycles. The maximum absolute atomic E-state index is 6.11. The minimum absolute atomic E-state index is 0.664. The van der Waals surface area contributed by atoms with Gasteiger partial charge in [0.05, 0.1) is 6.42 Å². The molecular formula is C23H20O2. The third kappa shape index (κ3) is 3.16. The molecule has 0 spiro atoms. The van der Waals surface area contributed by atoms with E-state index < -0.39 is 0 Å². The summed E-state index contributed by atoms with van der Waals surface area (Å²) in [7, 11) is 0. The quantitative estimate of drug-likeness (QED) is 0.432. The fourth-order valence-electron chi connectivity index (χ4n) is 3.03. The summed E-state index contributed by atoms with van der Waals surface area (Å²) in [6.07, 6.45) is 0.664. The zero-order valence-electron chi connectivity index (χ0n) is 14.5. The van der Waals surface area contributed by atoms with E-state index in [4.69, 9.17) is 8.83 Å². The van der Waals surface area contributed by atoms with E-state index >= 15 is 0 Å². The lowest BCUT2D eigenvalue weighted by molar-refractivity contribution is 0.483. The van der Waals surface area contributed by atoms with Crippen LogP contribution in [0.2, 0.25) is 0 Å². The zero-order valence-corrected chi connectivity index (χ0v) is 14.5. The monoisotopic (exact) mass is 328 g/mol. The Balaban J connectivity index is 1.63. The molecule has 0 fully saturated rings. The molecule has 0 bridgehead atoms. The summed E-state index contributed by atoms with van der Waals surface area (Å²) in [4.78, 5) is 0. The predicted molar refractivity (Wildman–Crippen MR) is 101 cm³/mol. The van der Waals surface area contributed by atoms with Crippen molar-refractivity contribution in [1.29, 1.82) is 0 Å². The highest BCUT2D eigenvalue weighted by Gasteiger charge is 2.15.